The zero-order chi connectivity index (χ0) is 15.0. The Morgan fingerprint density at radius 2 is 2.00 bits per heavy atom. The van der Waals surface area contributed by atoms with Crippen LogP contribution in [0.25, 0.3) is 0 Å². The van der Waals surface area contributed by atoms with Gasteiger partial charge in [0.2, 0.25) is 10.0 Å². The van der Waals surface area contributed by atoms with Gasteiger partial charge in [0, 0.05) is 17.6 Å². The van der Waals surface area contributed by atoms with Crippen LogP contribution in [0.2, 0.25) is 0 Å². The molecule has 0 aromatic heterocycles. The molecule has 2 rings (SSSR count). The van der Waals surface area contributed by atoms with E-state index in [2.05, 4.69) is 32.9 Å². The standard InChI is InChI=1S/C14H21BrN2O2S/c1-10-6-11(8-16-3)7-12(13(10)15)20(18,19)17-9-14(2)4-5-14/h6-7,16-17H,4-5,8-9H2,1-3H3. The molecule has 1 aliphatic carbocycles. The van der Waals surface area contributed by atoms with Crippen LogP contribution in [0, 0.1) is 12.3 Å². The van der Waals surface area contributed by atoms with Gasteiger partial charge in [-0.2, -0.15) is 0 Å². The molecular weight excluding hydrogens is 340 g/mol. The Morgan fingerprint density at radius 1 is 1.35 bits per heavy atom. The minimum atomic E-state index is -3.47. The lowest BCUT2D eigenvalue weighted by atomic mass is 10.1. The summed E-state index contributed by atoms with van der Waals surface area (Å²) in [5, 5.41) is 3.05. The molecule has 112 valence electrons. The molecule has 0 radical (unpaired) electrons. The van der Waals surface area contributed by atoms with Crippen LogP contribution in [0.15, 0.2) is 21.5 Å². The number of aryl methyl sites for hydroxylation is 1. The third kappa shape index (κ3) is 3.61. The summed E-state index contributed by atoms with van der Waals surface area (Å²) in [7, 11) is -1.63. The highest BCUT2D eigenvalue weighted by atomic mass is 79.9. The third-order valence-electron chi connectivity index (χ3n) is 3.74. The van der Waals surface area contributed by atoms with Crippen molar-refractivity contribution in [2.24, 2.45) is 5.41 Å². The molecule has 0 aliphatic heterocycles. The molecule has 1 aromatic rings. The van der Waals surface area contributed by atoms with Gasteiger partial charge in [-0.15, -0.1) is 0 Å². The summed E-state index contributed by atoms with van der Waals surface area (Å²) in [4.78, 5) is 0.326. The molecule has 6 heteroatoms. The maximum absolute atomic E-state index is 12.5. The van der Waals surface area contributed by atoms with Crippen LogP contribution >= 0.6 is 15.9 Å². The van der Waals surface area contributed by atoms with E-state index in [1.807, 2.05) is 20.0 Å². The van der Waals surface area contributed by atoms with Crippen LogP contribution in [0.5, 0.6) is 0 Å². The number of sulfonamides is 1. The predicted octanol–water partition coefficient (Wildman–Crippen LogP) is 2.56. The molecule has 20 heavy (non-hydrogen) atoms. The van der Waals surface area contributed by atoms with Crippen molar-refractivity contribution >= 4 is 26.0 Å². The van der Waals surface area contributed by atoms with E-state index in [9.17, 15) is 8.42 Å². The Morgan fingerprint density at radius 3 is 2.55 bits per heavy atom. The summed E-state index contributed by atoms with van der Waals surface area (Å²) in [5.41, 5.74) is 2.04. The van der Waals surface area contributed by atoms with Gasteiger partial charge < -0.3 is 5.32 Å². The SMILES string of the molecule is CNCc1cc(C)c(Br)c(S(=O)(=O)NCC2(C)CC2)c1. The molecule has 0 unspecified atom stereocenters. The second kappa shape index (κ2) is 5.75. The van der Waals surface area contributed by atoms with Gasteiger partial charge in [-0.25, -0.2) is 13.1 Å². The zero-order valence-corrected chi connectivity index (χ0v) is 14.5. The number of nitrogens with one attached hydrogen (secondary N) is 2. The second-order valence-electron chi connectivity index (χ2n) is 5.89. The Hall–Kier alpha value is -0.430. The summed E-state index contributed by atoms with van der Waals surface area (Å²) >= 11 is 3.40. The van der Waals surface area contributed by atoms with E-state index in [0.29, 0.717) is 22.5 Å². The van der Waals surface area contributed by atoms with Crippen molar-refractivity contribution in [3.05, 3.63) is 27.7 Å². The topological polar surface area (TPSA) is 58.2 Å². The monoisotopic (exact) mass is 360 g/mol. The van der Waals surface area contributed by atoms with Crippen molar-refractivity contribution in [3.8, 4) is 0 Å². The number of benzene rings is 1. The van der Waals surface area contributed by atoms with Gasteiger partial charge in [0.25, 0.3) is 0 Å². The largest absolute Gasteiger partial charge is 0.316 e. The fourth-order valence-corrected chi connectivity index (χ4v) is 4.31. The van der Waals surface area contributed by atoms with E-state index in [1.165, 1.54) is 0 Å². The van der Waals surface area contributed by atoms with Gasteiger partial charge in [0.15, 0.2) is 0 Å². The molecule has 1 fully saturated rings. The minimum absolute atomic E-state index is 0.150. The molecule has 0 amide bonds. The van der Waals surface area contributed by atoms with E-state index in [-0.39, 0.29) is 5.41 Å². The lowest BCUT2D eigenvalue weighted by molar-refractivity contribution is 0.530. The smallest absolute Gasteiger partial charge is 0.241 e. The predicted molar refractivity (Wildman–Crippen MR) is 84.2 cm³/mol. The second-order valence-corrected chi connectivity index (χ2v) is 8.42. The minimum Gasteiger partial charge on any atom is -0.316 e. The molecule has 4 nitrogen and oxygen atoms in total. The van der Waals surface area contributed by atoms with Crippen LogP contribution in [0.4, 0.5) is 0 Å². The maximum atomic E-state index is 12.5. The fourth-order valence-electron chi connectivity index (χ4n) is 2.05. The van der Waals surface area contributed by atoms with Gasteiger partial charge >= 0.3 is 0 Å². The van der Waals surface area contributed by atoms with Crippen molar-refractivity contribution in [3.63, 3.8) is 0 Å². The summed E-state index contributed by atoms with van der Waals surface area (Å²) < 4.78 is 28.3. The highest BCUT2D eigenvalue weighted by molar-refractivity contribution is 9.10. The molecule has 2 N–H and O–H groups in total. The van der Waals surface area contributed by atoms with E-state index >= 15 is 0 Å². The van der Waals surface area contributed by atoms with Crippen molar-refractivity contribution < 1.29 is 8.42 Å². The van der Waals surface area contributed by atoms with Crippen molar-refractivity contribution in [2.75, 3.05) is 13.6 Å². The van der Waals surface area contributed by atoms with Crippen molar-refractivity contribution in [1.82, 2.24) is 10.0 Å². The Bertz CT molecular complexity index is 610. The molecule has 0 heterocycles. The van der Waals surface area contributed by atoms with Gasteiger partial charge in [-0.3, -0.25) is 0 Å². The first kappa shape index (κ1) is 15.9. The molecule has 0 atom stereocenters. The lowest BCUT2D eigenvalue weighted by Crippen LogP contribution is -2.29. The Labute approximate surface area is 129 Å². The number of rotatable bonds is 6. The van der Waals surface area contributed by atoms with Crippen molar-refractivity contribution in [2.45, 2.75) is 38.1 Å². The lowest BCUT2D eigenvalue weighted by Gasteiger charge is -2.14. The first-order valence-electron chi connectivity index (χ1n) is 6.71. The highest BCUT2D eigenvalue weighted by Gasteiger charge is 2.38. The first-order valence-corrected chi connectivity index (χ1v) is 8.98. The van der Waals surface area contributed by atoms with Crippen LogP contribution in [-0.2, 0) is 16.6 Å². The molecule has 1 saturated carbocycles. The number of hydrogen-bond donors (Lipinski definition) is 2. The number of halogens is 1. The van der Waals surface area contributed by atoms with Crippen LogP contribution < -0.4 is 10.0 Å². The van der Waals surface area contributed by atoms with Crippen molar-refractivity contribution in [1.29, 1.82) is 0 Å². The first-order chi connectivity index (χ1) is 9.27. The van der Waals surface area contributed by atoms with Crippen LogP contribution in [0.1, 0.15) is 30.9 Å². The van der Waals surface area contributed by atoms with Gasteiger partial charge in [-0.1, -0.05) is 13.0 Å². The van der Waals surface area contributed by atoms with Gasteiger partial charge in [-0.05, 0) is 65.4 Å². The van der Waals surface area contributed by atoms with E-state index in [4.69, 9.17) is 0 Å². The van der Waals surface area contributed by atoms with Crippen LogP contribution in [0.3, 0.4) is 0 Å². The molecule has 0 bridgehead atoms. The average molecular weight is 361 g/mol. The summed E-state index contributed by atoms with van der Waals surface area (Å²) in [6, 6.07) is 3.72. The van der Waals surface area contributed by atoms with E-state index in [1.54, 1.807) is 6.07 Å². The van der Waals surface area contributed by atoms with E-state index < -0.39 is 10.0 Å². The molecule has 1 aromatic carbocycles. The Balaban J connectivity index is 2.29. The normalized spacial score (nSPS) is 17.2. The number of hydrogen-bond acceptors (Lipinski definition) is 3. The highest BCUT2D eigenvalue weighted by Crippen LogP contribution is 2.44. The van der Waals surface area contributed by atoms with Gasteiger partial charge in [0.05, 0.1) is 4.90 Å². The summed E-state index contributed by atoms with van der Waals surface area (Å²) in [5.74, 6) is 0. The maximum Gasteiger partial charge on any atom is 0.241 e. The van der Waals surface area contributed by atoms with Gasteiger partial charge in [0.1, 0.15) is 0 Å². The average Bonchev–Trinajstić information content (AvgIpc) is 3.10. The third-order valence-corrected chi connectivity index (χ3v) is 6.48. The summed E-state index contributed by atoms with van der Waals surface area (Å²) in [6.45, 7) is 5.17. The quantitative estimate of drug-likeness (QED) is 0.819. The molecule has 0 saturated heterocycles. The van der Waals surface area contributed by atoms with Crippen LogP contribution in [-0.4, -0.2) is 22.0 Å². The van der Waals surface area contributed by atoms with E-state index in [0.717, 1.165) is 24.0 Å². The molecule has 0 spiro atoms. The molecule has 1 aliphatic rings. The zero-order valence-electron chi connectivity index (χ0n) is 12.1. The Kier molecular flexibility index (Phi) is 4.59. The summed E-state index contributed by atoms with van der Waals surface area (Å²) in [6.07, 6.45) is 2.19. The molecular formula is C14H21BrN2O2S. The fraction of sp³-hybridized carbons (Fsp3) is 0.571.